The predicted octanol–water partition coefficient (Wildman–Crippen LogP) is 3.58. The number of ether oxygens (including phenoxy) is 2. The summed E-state index contributed by atoms with van der Waals surface area (Å²) in [5.74, 6) is -0.117. The van der Waals surface area contributed by atoms with Gasteiger partial charge in [-0.1, -0.05) is 0 Å². The fourth-order valence-corrected chi connectivity index (χ4v) is 2.26. The lowest BCUT2D eigenvalue weighted by Gasteiger charge is -2.24. The normalized spacial score (nSPS) is 11.5. The van der Waals surface area contributed by atoms with E-state index >= 15 is 0 Å². The van der Waals surface area contributed by atoms with Crippen LogP contribution in [0.2, 0.25) is 0 Å². The van der Waals surface area contributed by atoms with Crippen LogP contribution in [-0.4, -0.2) is 68.8 Å². The zero-order valence-electron chi connectivity index (χ0n) is 17.5. The smallest absolute Gasteiger partial charge is 0.412 e. The third-order valence-electron chi connectivity index (χ3n) is 3.57. The third kappa shape index (κ3) is 8.46. The molecule has 1 amide bonds. The minimum atomic E-state index is -2.76. The lowest BCUT2D eigenvalue weighted by atomic mass is 10.2. The molecule has 29 heavy (non-hydrogen) atoms. The molecule has 0 spiro atoms. The van der Waals surface area contributed by atoms with E-state index in [4.69, 9.17) is 9.47 Å². The highest BCUT2D eigenvalue weighted by Gasteiger charge is 2.25. The van der Waals surface area contributed by atoms with E-state index in [-0.39, 0.29) is 22.8 Å². The van der Waals surface area contributed by atoms with E-state index in [1.165, 1.54) is 6.07 Å². The molecular formula is C18H28F2N4O5. The number of likely N-dealkylation sites (N-methyl/N-ethyl adjacent to an activating group) is 2. The van der Waals surface area contributed by atoms with E-state index in [1.807, 2.05) is 19.0 Å². The van der Waals surface area contributed by atoms with Gasteiger partial charge in [0.05, 0.1) is 10.6 Å². The van der Waals surface area contributed by atoms with Gasteiger partial charge in [-0.3, -0.25) is 15.4 Å². The van der Waals surface area contributed by atoms with E-state index in [2.05, 4.69) is 5.32 Å². The molecule has 0 unspecified atom stereocenters. The fraction of sp³-hybridized carbons (Fsp3) is 0.611. The van der Waals surface area contributed by atoms with Crippen LogP contribution in [0.5, 0.6) is 5.75 Å². The molecule has 0 aliphatic rings. The maximum absolute atomic E-state index is 12.7. The van der Waals surface area contributed by atoms with Crippen LogP contribution < -0.4 is 15.0 Å². The van der Waals surface area contributed by atoms with Gasteiger partial charge < -0.3 is 19.3 Å². The topological polar surface area (TPSA) is 97.2 Å². The van der Waals surface area contributed by atoms with E-state index in [9.17, 15) is 23.7 Å². The molecule has 11 heteroatoms. The van der Waals surface area contributed by atoms with Gasteiger partial charge in [0, 0.05) is 32.3 Å². The third-order valence-corrected chi connectivity index (χ3v) is 3.57. The molecule has 0 radical (unpaired) electrons. The Morgan fingerprint density at radius 3 is 2.34 bits per heavy atom. The van der Waals surface area contributed by atoms with Crippen LogP contribution in [-0.2, 0) is 4.74 Å². The summed E-state index contributed by atoms with van der Waals surface area (Å²) in [7, 11) is 5.35. The largest absolute Gasteiger partial charge is 0.485 e. The Hall–Kier alpha value is -2.69. The van der Waals surface area contributed by atoms with Crippen LogP contribution in [0.4, 0.5) is 30.6 Å². The van der Waals surface area contributed by atoms with Crippen molar-refractivity contribution in [3.63, 3.8) is 0 Å². The maximum atomic E-state index is 12.7. The van der Waals surface area contributed by atoms with Crippen molar-refractivity contribution in [2.75, 3.05) is 51.1 Å². The van der Waals surface area contributed by atoms with Crippen molar-refractivity contribution in [3.05, 3.63) is 22.2 Å². The number of alkyl halides is 2. The molecule has 1 rings (SSSR count). The van der Waals surface area contributed by atoms with Gasteiger partial charge in [-0.2, -0.15) is 0 Å². The molecule has 0 aliphatic heterocycles. The second-order valence-electron chi connectivity index (χ2n) is 7.65. The minimum Gasteiger partial charge on any atom is -0.485 e. The summed E-state index contributed by atoms with van der Waals surface area (Å²) < 4.78 is 35.5. The highest BCUT2D eigenvalue weighted by Crippen LogP contribution is 2.38. The maximum Gasteiger partial charge on any atom is 0.412 e. The number of amides is 1. The Balaban J connectivity index is 3.32. The molecule has 0 aromatic heterocycles. The number of nitrogens with one attached hydrogen (secondary N) is 1. The van der Waals surface area contributed by atoms with Crippen LogP contribution in [0, 0.1) is 10.1 Å². The summed E-state index contributed by atoms with van der Waals surface area (Å²) in [4.78, 5) is 26.5. The van der Waals surface area contributed by atoms with E-state index in [1.54, 1.807) is 32.7 Å². The van der Waals surface area contributed by atoms with Crippen molar-refractivity contribution in [3.8, 4) is 5.75 Å². The zero-order valence-corrected chi connectivity index (χ0v) is 17.5. The Morgan fingerprint density at radius 1 is 1.24 bits per heavy atom. The van der Waals surface area contributed by atoms with Crippen LogP contribution in [0.15, 0.2) is 12.1 Å². The number of hydrogen-bond acceptors (Lipinski definition) is 7. The molecule has 0 aliphatic carbocycles. The number of halogens is 2. The van der Waals surface area contributed by atoms with Gasteiger partial charge in [-0.15, -0.1) is 0 Å². The second-order valence-corrected chi connectivity index (χ2v) is 7.65. The molecule has 1 aromatic carbocycles. The van der Waals surface area contributed by atoms with Gasteiger partial charge in [0.2, 0.25) is 0 Å². The SMILES string of the molecule is CN(C)CCN(C)c1cc(OCC(F)F)c(NC(=O)OC(C)(C)C)cc1[N+](=O)[O-]. The molecule has 1 aromatic rings. The number of carbonyl (C=O) groups excluding carboxylic acids is 1. The first-order valence-corrected chi connectivity index (χ1v) is 8.89. The summed E-state index contributed by atoms with van der Waals surface area (Å²) in [5.41, 5.74) is -1.07. The van der Waals surface area contributed by atoms with Crippen LogP contribution >= 0.6 is 0 Å². The van der Waals surface area contributed by atoms with Gasteiger partial charge in [0.1, 0.15) is 23.6 Å². The standard InChI is InChI=1S/C18H28F2N4O5/c1-18(2,3)29-17(25)21-12-9-14(24(26)27)13(23(6)8-7-22(4)5)10-15(12)28-11-16(19)20/h9-10,16H,7-8,11H2,1-6H3,(H,21,25). The van der Waals surface area contributed by atoms with Crippen molar-refractivity contribution < 1.29 is 28.0 Å². The lowest BCUT2D eigenvalue weighted by molar-refractivity contribution is -0.384. The predicted molar refractivity (Wildman–Crippen MR) is 106 cm³/mol. The molecule has 164 valence electrons. The first-order valence-electron chi connectivity index (χ1n) is 8.89. The van der Waals surface area contributed by atoms with Crippen molar-refractivity contribution in [2.24, 2.45) is 0 Å². The van der Waals surface area contributed by atoms with E-state index in [0.29, 0.717) is 13.1 Å². The second kappa shape index (κ2) is 10.2. The summed E-state index contributed by atoms with van der Waals surface area (Å²) >= 11 is 0. The Labute approximate surface area is 168 Å². The summed E-state index contributed by atoms with van der Waals surface area (Å²) in [6, 6.07) is 2.34. The van der Waals surface area contributed by atoms with Gasteiger partial charge in [0.15, 0.2) is 0 Å². The van der Waals surface area contributed by atoms with Crippen LogP contribution in [0.1, 0.15) is 20.8 Å². The molecule has 0 fully saturated rings. The summed E-state index contributed by atoms with van der Waals surface area (Å²) in [6.07, 6.45) is -3.64. The average molecular weight is 418 g/mol. The minimum absolute atomic E-state index is 0.117. The van der Waals surface area contributed by atoms with Crippen molar-refractivity contribution >= 4 is 23.2 Å². The number of nitro benzene ring substituents is 1. The quantitative estimate of drug-likeness (QED) is 0.483. The number of carbonyl (C=O) groups is 1. The number of nitrogens with zero attached hydrogens (tertiary/aromatic N) is 3. The highest BCUT2D eigenvalue weighted by atomic mass is 19.3. The Morgan fingerprint density at radius 2 is 1.86 bits per heavy atom. The lowest BCUT2D eigenvalue weighted by Crippen LogP contribution is -2.29. The molecule has 0 atom stereocenters. The van der Waals surface area contributed by atoms with Gasteiger partial charge in [-0.05, 0) is 34.9 Å². The monoisotopic (exact) mass is 418 g/mol. The van der Waals surface area contributed by atoms with E-state index in [0.717, 1.165) is 6.07 Å². The number of nitro groups is 1. The summed E-state index contributed by atoms with van der Waals surface area (Å²) in [5, 5.41) is 13.9. The van der Waals surface area contributed by atoms with Gasteiger partial charge in [0.25, 0.3) is 12.1 Å². The molecule has 0 heterocycles. The van der Waals surface area contributed by atoms with Crippen molar-refractivity contribution in [1.82, 2.24) is 4.90 Å². The number of anilines is 2. The first-order chi connectivity index (χ1) is 13.3. The van der Waals surface area contributed by atoms with Crippen molar-refractivity contribution in [2.45, 2.75) is 32.8 Å². The highest BCUT2D eigenvalue weighted by molar-refractivity contribution is 5.89. The van der Waals surface area contributed by atoms with Crippen LogP contribution in [0.3, 0.4) is 0 Å². The fourth-order valence-electron chi connectivity index (χ4n) is 2.26. The molecular weight excluding hydrogens is 390 g/mol. The van der Waals surface area contributed by atoms with E-state index < -0.39 is 29.6 Å². The molecule has 0 saturated heterocycles. The van der Waals surface area contributed by atoms with Gasteiger partial charge in [-0.25, -0.2) is 13.6 Å². The number of rotatable bonds is 9. The number of hydrogen-bond donors (Lipinski definition) is 1. The Bertz CT molecular complexity index is 723. The first kappa shape index (κ1) is 24.3. The molecule has 9 nitrogen and oxygen atoms in total. The zero-order chi connectivity index (χ0) is 22.4. The van der Waals surface area contributed by atoms with Crippen molar-refractivity contribution in [1.29, 1.82) is 0 Å². The summed E-state index contributed by atoms with van der Waals surface area (Å²) in [6.45, 7) is 5.06. The number of benzene rings is 1. The molecule has 0 saturated carbocycles. The average Bonchev–Trinajstić information content (AvgIpc) is 2.56. The molecule has 1 N–H and O–H groups in total. The Kier molecular flexibility index (Phi) is 8.56. The van der Waals surface area contributed by atoms with Gasteiger partial charge >= 0.3 is 6.09 Å². The molecule has 0 bridgehead atoms. The van der Waals surface area contributed by atoms with Crippen LogP contribution in [0.25, 0.3) is 0 Å².